The van der Waals surface area contributed by atoms with Crippen LogP contribution in [-0.2, 0) is 29.1 Å². The van der Waals surface area contributed by atoms with Crippen LogP contribution in [0.2, 0.25) is 0 Å². The van der Waals surface area contributed by atoms with Gasteiger partial charge in [0.15, 0.2) is 6.61 Å². The Balaban J connectivity index is 2.51. The van der Waals surface area contributed by atoms with Gasteiger partial charge in [-0.15, -0.1) is 0 Å². The minimum atomic E-state index is -3.96. The van der Waals surface area contributed by atoms with E-state index in [9.17, 15) is 22.4 Å². The molecular weight excluding hydrogens is 343 g/mol. The summed E-state index contributed by atoms with van der Waals surface area (Å²) < 4.78 is 47.4. The molecule has 0 atom stereocenters. The van der Waals surface area contributed by atoms with Gasteiger partial charge in [-0.3, -0.25) is 9.59 Å². The molecule has 1 aromatic carbocycles. The summed E-state index contributed by atoms with van der Waals surface area (Å²) >= 11 is 0. The lowest BCUT2D eigenvalue weighted by atomic mass is 10.4. The Morgan fingerprint density at radius 3 is 2.46 bits per heavy atom. The Morgan fingerprint density at radius 1 is 1.25 bits per heavy atom. The van der Waals surface area contributed by atoms with Gasteiger partial charge in [-0.1, -0.05) is 0 Å². The predicted octanol–water partition coefficient (Wildman–Crippen LogP) is -0.248. The van der Waals surface area contributed by atoms with Gasteiger partial charge < -0.3 is 14.8 Å². The zero-order valence-corrected chi connectivity index (χ0v) is 14.1. The second kappa shape index (κ2) is 9.30. The fourth-order valence-electron chi connectivity index (χ4n) is 1.59. The van der Waals surface area contributed by atoms with Crippen molar-refractivity contribution < 1.29 is 31.9 Å². The molecule has 1 aromatic rings. The van der Waals surface area contributed by atoms with Crippen LogP contribution in [0.3, 0.4) is 0 Å². The molecule has 0 saturated carbocycles. The van der Waals surface area contributed by atoms with Gasteiger partial charge in [0.25, 0.3) is 5.91 Å². The molecule has 10 heteroatoms. The van der Waals surface area contributed by atoms with Gasteiger partial charge in [0.2, 0.25) is 10.0 Å². The molecule has 0 bridgehead atoms. The van der Waals surface area contributed by atoms with E-state index < -0.39 is 40.9 Å². The number of esters is 1. The quantitative estimate of drug-likeness (QED) is 0.480. The smallest absolute Gasteiger partial charge is 0.321 e. The summed E-state index contributed by atoms with van der Waals surface area (Å²) in [4.78, 5) is 22.8. The van der Waals surface area contributed by atoms with Gasteiger partial charge >= 0.3 is 5.97 Å². The standard InChI is InChI=1S/C14H19FN2O6S/c1-17(24(20,21)12-5-3-11(15)4-6-12)9-14(19)23-10-13(18)16-7-8-22-2/h3-6H,7-10H2,1-2H3,(H,16,18). The van der Waals surface area contributed by atoms with Crippen LogP contribution in [0, 0.1) is 5.82 Å². The average molecular weight is 362 g/mol. The van der Waals surface area contributed by atoms with Crippen molar-refractivity contribution in [2.45, 2.75) is 4.90 Å². The number of likely N-dealkylation sites (N-methyl/N-ethyl adjacent to an activating group) is 1. The summed E-state index contributed by atoms with van der Waals surface area (Å²) in [5.74, 6) is -1.98. The highest BCUT2D eigenvalue weighted by Gasteiger charge is 2.23. The summed E-state index contributed by atoms with van der Waals surface area (Å²) in [6, 6.07) is 4.19. The highest BCUT2D eigenvalue weighted by Crippen LogP contribution is 2.14. The van der Waals surface area contributed by atoms with Gasteiger partial charge in [0.05, 0.1) is 11.5 Å². The Hall–Kier alpha value is -2.04. The van der Waals surface area contributed by atoms with Crippen LogP contribution in [0.25, 0.3) is 0 Å². The molecule has 1 N–H and O–H groups in total. The largest absolute Gasteiger partial charge is 0.455 e. The van der Waals surface area contributed by atoms with Gasteiger partial charge in [0.1, 0.15) is 12.4 Å². The van der Waals surface area contributed by atoms with E-state index in [2.05, 4.69) is 5.32 Å². The van der Waals surface area contributed by atoms with E-state index >= 15 is 0 Å². The number of benzene rings is 1. The normalized spacial score (nSPS) is 11.3. The van der Waals surface area contributed by atoms with Crippen LogP contribution in [0.5, 0.6) is 0 Å². The van der Waals surface area contributed by atoms with Crippen molar-refractivity contribution in [1.82, 2.24) is 9.62 Å². The van der Waals surface area contributed by atoms with E-state index in [1.54, 1.807) is 0 Å². The fourth-order valence-corrected chi connectivity index (χ4v) is 2.70. The molecular formula is C14H19FN2O6S. The number of hydrogen-bond acceptors (Lipinski definition) is 6. The van der Waals surface area contributed by atoms with Crippen molar-refractivity contribution in [3.63, 3.8) is 0 Å². The van der Waals surface area contributed by atoms with Crippen LogP contribution in [0.4, 0.5) is 4.39 Å². The third-order valence-corrected chi connectivity index (χ3v) is 4.68. The zero-order valence-electron chi connectivity index (χ0n) is 13.3. The van der Waals surface area contributed by atoms with Gasteiger partial charge in [-0.2, -0.15) is 4.31 Å². The summed E-state index contributed by atoms with van der Waals surface area (Å²) in [6.07, 6.45) is 0. The van der Waals surface area contributed by atoms with Crippen molar-refractivity contribution in [2.75, 3.05) is 40.5 Å². The number of nitrogens with zero attached hydrogens (tertiary/aromatic N) is 1. The van der Waals surface area contributed by atoms with Crippen LogP contribution < -0.4 is 5.32 Å². The monoisotopic (exact) mass is 362 g/mol. The predicted molar refractivity (Wildman–Crippen MR) is 82.1 cm³/mol. The van der Waals surface area contributed by atoms with Crippen molar-refractivity contribution in [2.24, 2.45) is 0 Å². The molecule has 1 rings (SSSR count). The van der Waals surface area contributed by atoms with Crippen molar-refractivity contribution in [1.29, 1.82) is 0 Å². The Labute approximate surface area is 139 Å². The van der Waals surface area contributed by atoms with E-state index in [0.29, 0.717) is 6.61 Å². The van der Waals surface area contributed by atoms with Gasteiger partial charge in [-0.05, 0) is 24.3 Å². The van der Waals surface area contributed by atoms with E-state index in [0.717, 1.165) is 28.6 Å². The maximum Gasteiger partial charge on any atom is 0.321 e. The lowest BCUT2D eigenvalue weighted by Gasteiger charge is -2.16. The van der Waals surface area contributed by atoms with Crippen LogP contribution in [0.1, 0.15) is 0 Å². The topological polar surface area (TPSA) is 102 Å². The van der Waals surface area contributed by atoms with E-state index in [1.165, 1.54) is 14.2 Å². The number of sulfonamides is 1. The van der Waals surface area contributed by atoms with Gasteiger partial charge in [0, 0.05) is 20.7 Å². The number of nitrogens with one attached hydrogen (secondary N) is 1. The third kappa shape index (κ3) is 6.22. The van der Waals surface area contributed by atoms with Crippen LogP contribution in [-0.4, -0.2) is 65.1 Å². The molecule has 0 heterocycles. The lowest BCUT2D eigenvalue weighted by Crippen LogP contribution is -2.36. The maximum absolute atomic E-state index is 12.8. The summed E-state index contributed by atoms with van der Waals surface area (Å²) in [5.41, 5.74) is 0. The molecule has 1 amide bonds. The molecule has 0 aliphatic carbocycles. The number of hydrogen-bond donors (Lipinski definition) is 1. The number of carbonyl (C=O) groups excluding carboxylic acids is 2. The molecule has 0 unspecified atom stereocenters. The molecule has 0 radical (unpaired) electrons. The molecule has 8 nitrogen and oxygen atoms in total. The Morgan fingerprint density at radius 2 is 1.88 bits per heavy atom. The molecule has 134 valence electrons. The first-order chi connectivity index (χ1) is 11.3. The van der Waals surface area contributed by atoms with E-state index in [-0.39, 0.29) is 11.4 Å². The summed E-state index contributed by atoms with van der Waals surface area (Å²) in [5, 5.41) is 2.45. The van der Waals surface area contributed by atoms with Crippen LogP contribution >= 0.6 is 0 Å². The number of rotatable bonds is 9. The molecule has 0 spiro atoms. The van der Waals surface area contributed by atoms with Crippen molar-refractivity contribution in [3.05, 3.63) is 30.1 Å². The number of ether oxygens (including phenoxy) is 2. The molecule has 0 aliphatic heterocycles. The zero-order chi connectivity index (χ0) is 18.2. The summed E-state index contributed by atoms with van der Waals surface area (Å²) in [7, 11) is -1.30. The van der Waals surface area contributed by atoms with E-state index in [4.69, 9.17) is 9.47 Å². The Kier molecular flexibility index (Phi) is 7.75. The first-order valence-corrected chi connectivity index (χ1v) is 8.34. The second-order valence-electron chi connectivity index (χ2n) is 4.72. The second-order valence-corrected chi connectivity index (χ2v) is 6.76. The van der Waals surface area contributed by atoms with Crippen molar-refractivity contribution >= 4 is 21.9 Å². The summed E-state index contributed by atoms with van der Waals surface area (Å²) in [6.45, 7) is -0.512. The van der Waals surface area contributed by atoms with E-state index in [1.807, 2.05) is 0 Å². The molecule has 24 heavy (non-hydrogen) atoms. The maximum atomic E-state index is 12.8. The molecule has 0 aliphatic rings. The molecule has 0 fully saturated rings. The third-order valence-electron chi connectivity index (χ3n) is 2.87. The first kappa shape index (κ1) is 20.0. The average Bonchev–Trinajstić information content (AvgIpc) is 2.53. The molecule has 0 aromatic heterocycles. The number of halogens is 1. The highest BCUT2D eigenvalue weighted by atomic mass is 32.2. The first-order valence-electron chi connectivity index (χ1n) is 6.90. The van der Waals surface area contributed by atoms with Crippen LogP contribution in [0.15, 0.2) is 29.2 Å². The van der Waals surface area contributed by atoms with Gasteiger partial charge in [-0.25, -0.2) is 12.8 Å². The lowest BCUT2D eigenvalue weighted by molar-refractivity contribution is -0.148. The highest BCUT2D eigenvalue weighted by molar-refractivity contribution is 7.89. The number of amides is 1. The number of methoxy groups -OCH3 is 1. The van der Waals surface area contributed by atoms with Crippen molar-refractivity contribution in [3.8, 4) is 0 Å². The fraction of sp³-hybridized carbons (Fsp3) is 0.429. The minimum absolute atomic E-state index is 0.156. The molecule has 0 saturated heterocycles. The SMILES string of the molecule is COCCNC(=O)COC(=O)CN(C)S(=O)(=O)c1ccc(F)cc1. The number of carbonyl (C=O) groups is 2. The Bertz CT molecular complexity index is 662. The minimum Gasteiger partial charge on any atom is -0.455 e.